The lowest BCUT2D eigenvalue weighted by Gasteiger charge is -2.22. The first kappa shape index (κ1) is 14.7. The van der Waals surface area contributed by atoms with E-state index in [0.717, 1.165) is 15.2 Å². The van der Waals surface area contributed by atoms with Gasteiger partial charge < -0.3 is 14.7 Å². The molecule has 0 radical (unpaired) electrons. The molecule has 0 amide bonds. The molecule has 1 aromatic carbocycles. The minimum absolute atomic E-state index is 0.109. The molecule has 20 heavy (non-hydrogen) atoms. The molecule has 2 rings (SSSR count). The van der Waals surface area contributed by atoms with Crippen LogP contribution in [0.2, 0.25) is 0 Å². The molecule has 6 heteroatoms. The fourth-order valence-electron chi connectivity index (χ4n) is 2.03. The number of nitrogens with zero attached hydrogens (tertiary/aromatic N) is 2. The summed E-state index contributed by atoms with van der Waals surface area (Å²) in [6.45, 7) is 0.808. The lowest BCUT2D eigenvalue weighted by Crippen LogP contribution is -2.33. The van der Waals surface area contributed by atoms with Gasteiger partial charge in [0.15, 0.2) is 0 Å². The number of carbonyl (C=O) groups is 1. The molecule has 1 aromatic heterocycles. The Morgan fingerprint density at radius 2 is 2.20 bits per heavy atom. The molecule has 1 N–H and O–H groups in total. The topological polar surface area (TPSA) is 62.7 Å². The zero-order valence-electron chi connectivity index (χ0n) is 11.0. The summed E-state index contributed by atoms with van der Waals surface area (Å²) in [6.07, 6.45) is 1.68. The first-order valence-corrected chi connectivity index (χ1v) is 6.91. The molecule has 2 aromatic rings. The highest BCUT2D eigenvalue weighted by Crippen LogP contribution is 2.29. The van der Waals surface area contributed by atoms with E-state index in [4.69, 9.17) is 9.84 Å². The number of aromatic nitrogens is 1. The summed E-state index contributed by atoms with van der Waals surface area (Å²) in [5.41, 5.74) is 0. The van der Waals surface area contributed by atoms with E-state index in [1.54, 1.807) is 18.2 Å². The Hall–Kier alpha value is -1.66. The minimum atomic E-state index is -0.894. The number of fused-ring (bicyclic) bond motifs is 1. The number of carboxylic acid groups (broad SMARTS) is 1. The van der Waals surface area contributed by atoms with Gasteiger partial charge in [-0.2, -0.15) is 0 Å². The fourth-order valence-corrected chi connectivity index (χ4v) is 2.53. The van der Waals surface area contributed by atoms with Gasteiger partial charge in [-0.1, -0.05) is 28.1 Å². The van der Waals surface area contributed by atoms with Crippen molar-refractivity contribution in [3.05, 3.63) is 34.9 Å². The van der Waals surface area contributed by atoms with Crippen molar-refractivity contribution in [3.8, 4) is 0 Å². The molecule has 0 aliphatic heterocycles. The molecule has 0 aliphatic carbocycles. The average Bonchev–Trinajstić information content (AvgIpc) is 2.43. The smallest absolute Gasteiger partial charge is 0.323 e. The molecule has 1 heterocycles. The van der Waals surface area contributed by atoms with E-state index in [0.29, 0.717) is 19.0 Å². The number of benzene rings is 1. The molecular formula is C14H15BrN2O3. The van der Waals surface area contributed by atoms with Crippen LogP contribution >= 0.6 is 15.9 Å². The molecule has 0 bridgehead atoms. The van der Waals surface area contributed by atoms with Gasteiger partial charge in [0.05, 0.1) is 6.61 Å². The maximum atomic E-state index is 11.0. The van der Waals surface area contributed by atoms with Crippen LogP contribution in [-0.4, -0.2) is 42.9 Å². The number of pyridine rings is 1. The Morgan fingerprint density at radius 3 is 2.90 bits per heavy atom. The third-order valence-electron chi connectivity index (χ3n) is 2.92. The molecule has 0 saturated heterocycles. The van der Waals surface area contributed by atoms with E-state index >= 15 is 0 Å². The highest BCUT2D eigenvalue weighted by atomic mass is 79.9. The van der Waals surface area contributed by atoms with E-state index < -0.39 is 5.97 Å². The van der Waals surface area contributed by atoms with Gasteiger partial charge in [0.1, 0.15) is 12.4 Å². The van der Waals surface area contributed by atoms with Crippen LogP contribution in [0.5, 0.6) is 0 Å². The summed E-state index contributed by atoms with van der Waals surface area (Å²) in [4.78, 5) is 17.1. The van der Waals surface area contributed by atoms with Gasteiger partial charge in [-0.3, -0.25) is 4.79 Å². The Labute approximate surface area is 125 Å². The lowest BCUT2D eigenvalue weighted by atomic mass is 10.1. The van der Waals surface area contributed by atoms with Gasteiger partial charge >= 0.3 is 5.97 Å². The molecule has 0 fully saturated rings. The number of halogens is 1. The summed E-state index contributed by atoms with van der Waals surface area (Å²) in [5, 5.41) is 11.0. The van der Waals surface area contributed by atoms with Crippen molar-refractivity contribution in [1.29, 1.82) is 0 Å². The van der Waals surface area contributed by atoms with Crippen molar-refractivity contribution in [2.45, 2.75) is 0 Å². The number of rotatable bonds is 6. The Bertz CT molecular complexity index is 618. The Kier molecular flexibility index (Phi) is 4.92. The SMILES string of the molecule is COCCN(CC(=O)O)c1nccc2c(Br)cccc12. The number of aliphatic carboxylic acids is 1. The number of methoxy groups -OCH3 is 1. The Morgan fingerprint density at radius 1 is 1.40 bits per heavy atom. The van der Waals surface area contributed by atoms with Gasteiger partial charge in [0, 0.05) is 35.1 Å². The molecule has 0 aliphatic rings. The zero-order chi connectivity index (χ0) is 14.5. The van der Waals surface area contributed by atoms with E-state index in [1.165, 1.54) is 0 Å². The maximum Gasteiger partial charge on any atom is 0.323 e. The van der Waals surface area contributed by atoms with E-state index in [9.17, 15) is 4.79 Å². The summed E-state index contributed by atoms with van der Waals surface area (Å²) in [5.74, 6) is -0.238. The van der Waals surface area contributed by atoms with E-state index in [1.807, 2.05) is 24.3 Å². The molecule has 0 saturated carbocycles. The molecule has 5 nitrogen and oxygen atoms in total. The van der Waals surface area contributed by atoms with E-state index in [2.05, 4.69) is 20.9 Å². The normalized spacial score (nSPS) is 10.7. The monoisotopic (exact) mass is 338 g/mol. The van der Waals surface area contributed by atoms with Gasteiger partial charge in [-0.15, -0.1) is 0 Å². The summed E-state index contributed by atoms with van der Waals surface area (Å²) in [6, 6.07) is 7.69. The van der Waals surface area contributed by atoms with Crippen molar-refractivity contribution in [1.82, 2.24) is 4.98 Å². The predicted octanol–water partition coefficient (Wildman–Crippen LogP) is 2.53. The largest absolute Gasteiger partial charge is 0.480 e. The third-order valence-corrected chi connectivity index (χ3v) is 3.61. The van der Waals surface area contributed by atoms with Gasteiger partial charge in [-0.05, 0) is 12.1 Å². The van der Waals surface area contributed by atoms with Crippen LogP contribution in [-0.2, 0) is 9.53 Å². The van der Waals surface area contributed by atoms with Crippen LogP contribution in [0.15, 0.2) is 34.9 Å². The molecule has 0 atom stereocenters. The zero-order valence-corrected chi connectivity index (χ0v) is 12.6. The van der Waals surface area contributed by atoms with Crippen molar-refractivity contribution >= 4 is 38.5 Å². The van der Waals surface area contributed by atoms with Crippen LogP contribution in [0.1, 0.15) is 0 Å². The number of carboxylic acids is 1. The number of anilines is 1. The van der Waals surface area contributed by atoms with Gasteiger partial charge in [0.25, 0.3) is 0 Å². The van der Waals surface area contributed by atoms with Gasteiger partial charge in [0.2, 0.25) is 0 Å². The van der Waals surface area contributed by atoms with Crippen LogP contribution in [0, 0.1) is 0 Å². The second kappa shape index (κ2) is 6.67. The second-order valence-electron chi connectivity index (χ2n) is 4.28. The third kappa shape index (κ3) is 3.26. The van der Waals surface area contributed by atoms with Gasteiger partial charge in [-0.25, -0.2) is 4.98 Å². The molecular weight excluding hydrogens is 324 g/mol. The summed E-state index contributed by atoms with van der Waals surface area (Å²) < 4.78 is 6.00. The first-order chi connectivity index (χ1) is 9.63. The van der Waals surface area contributed by atoms with Crippen molar-refractivity contribution in [3.63, 3.8) is 0 Å². The summed E-state index contributed by atoms with van der Waals surface area (Å²) in [7, 11) is 1.59. The number of hydrogen-bond donors (Lipinski definition) is 1. The number of hydrogen-bond acceptors (Lipinski definition) is 4. The van der Waals surface area contributed by atoms with Crippen LogP contribution < -0.4 is 4.90 Å². The van der Waals surface area contributed by atoms with Crippen molar-refractivity contribution < 1.29 is 14.6 Å². The Balaban J connectivity index is 2.46. The molecule has 106 valence electrons. The summed E-state index contributed by atoms with van der Waals surface area (Å²) >= 11 is 3.50. The average molecular weight is 339 g/mol. The van der Waals surface area contributed by atoms with Crippen molar-refractivity contribution in [2.24, 2.45) is 0 Å². The molecule has 0 unspecified atom stereocenters. The van der Waals surface area contributed by atoms with E-state index in [-0.39, 0.29) is 6.54 Å². The maximum absolute atomic E-state index is 11.0. The minimum Gasteiger partial charge on any atom is -0.480 e. The first-order valence-electron chi connectivity index (χ1n) is 6.12. The van der Waals surface area contributed by atoms with Crippen LogP contribution in [0.3, 0.4) is 0 Å². The molecule has 0 spiro atoms. The van der Waals surface area contributed by atoms with Crippen molar-refractivity contribution in [2.75, 3.05) is 31.7 Å². The van der Waals surface area contributed by atoms with Crippen LogP contribution in [0.4, 0.5) is 5.82 Å². The van der Waals surface area contributed by atoms with Crippen LogP contribution in [0.25, 0.3) is 10.8 Å². The quantitative estimate of drug-likeness (QED) is 0.876. The fraction of sp³-hybridized carbons (Fsp3) is 0.286. The standard InChI is InChI=1S/C14H15BrN2O3/c1-20-8-7-17(9-13(18)19)14-11-3-2-4-12(15)10(11)5-6-16-14/h2-6H,7-9H2,1H3,(H,18,19). The number of ether oxygens (including phenoxy) is 1. The highest BCUT2D eigenvalue weighted by Gasteiger charge is 2.15. The highest BCUT2D eigenvalue weighted by molar-refractivity contribution is 9.10. The predicted molar refractivity (Wildman–Crippen MR) is 81.2 cm³/mol. The second-order valence-corrected chi connectivity index (χ2v) is 5.13. The lowest BCUT2D eigenvalue weighted by molar-refractivity contribution is -0.135.